The molecule has 1 aromatic carbocycles. The quantitative estimate of drug-likeness (QED) is 0.852. The molecule has 0 fully saturated rings. The van der Waals surface area contributed by atoms with Crippen molar-refractivity contribution in [3.05, 3.63) is 46.5 Å². The van der Waals surface area contributed by atoms with Crippen LogP contribution in [-0.2, 0) is 4.79 Å². The maximum Gasteiger partial charge on any atom is 0.272 e. The van der Waals surface area contributed by atoms with Gasteiger partial charge in [-0.05, 0) is 51.5 Å². The molecule has 0 saturated heterocycles. The summed E-state index contributed by atoms with van der Waals surface area (Å²) in [6.45, 7) is 5.59. The van der Waals surface area contributed by atoms with Crippen molar-refractivity contribution in [2.24, 2.45) is 0 Å². The first-order valence-corrected chi connectivity index (χ1v) is 6.77. The fraction of sp³-hybridized carbons (Fsp3) is 0.333. The van der Waals surface area contributed by atoms with Crippen LogP contribution in [0.3, 0.4) is 0 Å². The predicted molar refractivity (Wildman–Crippen MR) is 78.2 cm³/mol. The molecule has 0 heterocycles. The van der Waals surface area contributed by atoms with Gasteiger partial charge in [-0.25, -0.2) is 5.01 Å². The molecule has 0 spiro atoms. The molecule has 0 bridgehead atoms. The number of hydrazine groups is 1. The standard InChI is InChI=1S/C15H17ClN2O2/c1-15(2,3)18(17-13(19)10-4-5-10)14(20)11-6-8-12(16)9-7-11/h4,6-9H,5H2,1-3H3,(H,17,19). The van der Waals surface area contributed by atoms with E-state index in [1.54, 1.807) is 24.3 Å². The second-order valence-corrected chi connectivity index (χ2v) is 6.13. The van der Waals surface area contributed by atoms with Gasteiger partial charge in [0.05, 0.1) is 5.54 Å². The number of benzene rings is 1. The molecule has 0 aromatic heterocycles. The van der Waals surface area contributed by atoms with E-state index in [4.69, 9.17) is 11.6 Å². The van der Waals surface area contributed by atoms with E-state index < -0.39 is 5.54 Å². The van der Waals surface area contributed by atoms with Crippen LogP contribution >= 0.6 is 11.6 Å². The molecule has 0 saturated carbocycles. The highest BCUT2D eigenvalue weighted by Gasteiger charge is 2.31. The van der Waals surface area contributed by atoms with Gasteiger partial charge in [-0.3, -0.25) is 15.0 Å². The zero-order valence-corrected chi connectivity index (χ0v) is 12.5. The second kappa shape index (κ2) is 5.29. The van der Waals surface area contributed by atoms with Crippen LogP contribution in [0.1, 0.15) is 37.6 Å². The van der Waals surface area contributed by atoms with E-state index in [0.717, 1.165) is 0 Å². The van der Waals surface area contributed by atoms with E-state index in [2.05, 4.69) is 5.43 Å². The highest BCUT2D eigenvalue weighted by molar-refractivity contribution is 6.30. The number of hydrogen-bond acceptors (Lipinski definition) is 2. The van der Waals surface area contributed by atoms with Crippen LogP contribution in [0.2, 0.25) is 5.02 Å². The number of nitrogens with one attached hydrogen (secondary N) is 1. The Morgan fingerprint density at radius 2 is 1.75 bits per heavy atom. The Hall–Kier alpha value is -1.81. The molecule has 2 amide bonds. The number of carbonyl (C=O) groups excluding carboxylic acids is 2. The molecule has 1 aliphatic rings. The van der Waals surface area contributed by atoms with Gasteiger partial charge in [0.1, 0.15) is 0 Å². The molecule has 0 aliphatic heterocycles. The van der Waals surface area contributed by atoms with Crippen molar-refractivity contribution < 1.29 is 9.59 Å². The van der Waals surface area contributed by atoms with Crippen molar-refractivity contribution >= 4 is 23.4 Å². The van der Waals surface area contributed by atoms with Crippen molar-refractivity contribution in [2.45, 2.75) is 32.7 Å². The Balaban J connectivity index is 2.21. The Morgan fingerprint density at radius 3 is 2.20 bits per heavy atom. The van der Waals surface area contributed by atoms with Gasteiger partial charge >= 0.3 is 0 Å². The number of amides is 2. The summed E-state index contributed by atoms with van der Waals surface area (Å²) >= 11 is 5.82. The zero-order valence-electron chi connectivity index (χ0n) is 11.7. The number of rotatable bonds is 2. The maximum absolute atomic E-state index is 12.5. The molecule has 2 rings (SSSR count). The molecule has 1 aliphatic carbocycles. The van der Waals surface area contributed by atoms with Gasteiger partial charge in [-0.15, -0.1) is 0 Å². The van der Waals surface area contributed by atoms with Crippen molar-refractivity contribution in [1.82, 2.24) is 10.4 Å². The van der Waals surface area contributed by atoms with E-state index in [-0.39, 0.29) is 11.8 Å². The summed E-state index contributed by atoms with van der Waals surface area (Å²) in [6, 6.07) is 6.60. The second-order valence-electron chi connectivity index (χ2n) is 5.69. The third kappa shape index (κ3) is 3.39. The van der Waals surface area contributed by atoms with E-state index in [1.807, 2.05) is 26.8 Å². The Morgan fingerprint density at radius 1 is 1.20 bits per heavy atom. The van der Waals surface area contributed by atoms with Crippen LogP contribution in [0.4, 0.5) is 0 Å². The summed E-state index contributed by atoms with van der Waals surface area (Å²) in [5.74, 6) is -0.481. The van der Waals surface area contributed by atoms with E-state index in [0.29, 0.717) is 22.6 Å². The molecule has 106 valence electrons. The zero-order chi connectivity index (χ0) is 14.9. The summed E-state index contributed by atoms with van der Waals surface area (Å²) in [5, 5.41) is 1.92. The van der Waals surface area contributed by atoms with Crippen LogP contribution in [0.5, 0.6) is 0 Å². The van der Waals surface area contributed by atoms with Gasteiger partial charge < -0.3 is 0 Å². The van der Waals surface area contributed by atoms with E-state index in [9.17, 15) is 9.59 Å². The monoisotopic (exact) mass is 292 g/mol. The fourth-order valence-corrected chi connectivity index (χ4v) is 1.78. The van der Waals surface area contributed by atoms with Crippen molar-refractivity contribution in [3.8, 4) is 0 Å². The lowest BCUT2D eigenvalue weighted by Gasteiger charge is -2.35. The lowest BCUT2D eigenvalue weighted by molar-refractivity contribution is -0.122. The van der Waals surface area contributed by atoms with Crippen molar-refractivity contribution in [3.63, 3.8) is 0 Å². The molecule has 1 N–H and O–H groups in total. The maximum atomic E-state index is 12.5. The normalized spacial score (nSPS) is 13.5. The molecule has 20 heavy (non-hydrogen) atoms. The SMILES string of the molecule is CC(C)(C)N(NC(=O)C1=CC1)C(=O)c1ccc(Cl)cc1. The molecule has 0 atom stereocenters. The third-order valence-corrected chi connectivity index (χ3v) is 3.13. The Labute approximate surface area is 123 Å². The van der Waals surface area contributed by atoms with Crippen LogP contribution in [0.15, 0.2) is 35.9 Å². The first kappa shape index (κ1) is 14.6. The highest BCUT2D eigenvalue weighted by atomic mass is 35.5. The highest BCUT2D eigenvalue weighted by Crippen LogP contribution is 2.21. The van der Waals surface area contributed by atoms with Gasteiger partial charge in [0, 0.05) is 16.2 Å². The topological polar surface area (TPSA) is 49.4 Å². The van der Waals surface area contributed by atoms with Crippen LogP contribution < -0.4 is 5.43 Å². The number of allylic oxidation sites excluding steroid dienone is 1. The average molecular weight is 293 g/mol. The van der Waals surface area contributed by atoms with Crippen LogP contribution in [0, 0.1) is 0 Å². The minimum atomic E-state index is -0.526. The summed E-state index contributed by atoms with van der Waals surface area (Å²) in [4.78, 5) is 24.4. The lowest BCUT2D eigenvalue weighted by Crippen LogP contribution is -2.55. The van der Waals surface area contributed by atoms with Gasteiger partial charge in [-0.2, -0.15) is 0 Å². The molecule has 0 unspecified atom stereocenters. The first-order valence-electron chi connectivity index (χ1n) is 6.39. The lowest BCUT2D eigenvalue weighted by atomic mass is 10.1. The fourth-order valence-electron chi connectivity index (χ4n) is 1.65. The van der Waals surface area contributed by atoms with Gasteiger partial charge in [0.25, 0.3) is 11.8 Å². The number of hydrogen-bond donors (Lipinski definition) is 1. The van der Waals surface area contributed by atoms with E-state index in [1.165, 1.54) is 5.01 Å². The summed E-state index contributed by atoms with van der Waals surface area (Å²) in [7, 11) is 0. The largest absolute Gasteiger partial charge is 0.272 e. The van der Waals surface area contributed by atoms with Crippen molar-refractivity contribution in [2.75, 3.05) is 0 Å². The molecule has 0 radical (unpaired) electrons. The molecule has 4 nitrogen and oxygen atoms in total. The molecular formula is C15H17ClN2O2. The first-order chi connectivity index (χ1) is 9.29. The Bertz CT molecular complexity index is 571. The van der Waals surface area contributed by atoms with Gasteiger partial charge in [0.2, 0.25) is 0 Å². The third-order valence-electron chi connectivity index (χ3n) is 2.88. The average Bonchev–Trinajstić information content (AvgIpc) is 3.18. The van der Waals surface area contributed by atoms with Gasteiger partial charge in [0.15, 0.2) is 0 Å². The van der Waals surface area contributed by atoms with Gasteiger partial charge in [-0.1, -0.05) is 17.7 Å². The number of nitrogens with zero attached hydrogens (tertiary/aromatic N) is 1. The number of carbonyl (C=O) groups is 2. The van der Waals surface area contributed by atoms with Crippen LogP contribution in [-0.4, -0.2) is 22.4 Å². The minimum absolute atomic E-state index is 0.220. The molecule has 5 heteroatoms. The summed E-state index contributed by atoms with van der Waals surface area (Å²) < 4.78 is 0. The predicted octanol–water partition coefficient (Wildman–Crippen LogP) is 2.94. The molecular weight excluding hydrogens is 276 g/mol. The van der Waals surface area contributed by atoms with E-state index >= 15 is 0 Å². The minimum Gasteiger partial charge on any atom is -0.268 e. The molecule has 1 aromatic rings. The Kier molecular flexibility index (Phi) is 3.86. The number of halogens is 1. The van der Waals surface area contributed by atoms with Crippen molar-refractivity contribution in [1.29, 1.82) is 0 Å². The smallest absolute Gasteiger partial charge is 0.268 e. The van der Waals surface area contributed by atoms with Crippen LogP contribution in [0.25, 0.3) is 0 Å². The summed E-state index contributed by atoms with van der Waals surface area (Å²) in [5.41, 5.74) is 3.34. The summed E-state index contributed by atoms with van der Waals surface area (Å²) in [6.07, 6.45) is 2.52.